The topological polar surface area (TPSA) is 64.4 Å². The van der Waals surface area contributed by atoms with Gasteiger partial charge in [-0.05, 0) is 30.7 Å². The van der Waals surface area contributed by atoms with Crippen molar-refractivity contribution in [2.45, 2.75) is 44.4 Å². The summed E-state index contributed by atoms with van der Waals surface area (Å²) < 4.78 is 7.29. The maximum Gasteiger partial charge on any atom is 0.262 e. The van der Waals surface area contributed by atoms with Crippen LogP contribution in [0.5, 0.6) is 0 Å². The molecule has 0 unspecified atom stereocenters. The van der Waals surface area contributed by atoms with Gasteiger partial charge in [-0.25, -0.2) is 4.98 Å². The number of aromatic nitrogens is 2. The molecule has 2 aromatic rings. The van der Waals surface area contributed by atoms with Gasteiger partial charge in [-0.15, -0.1) is 11.3 Å². The smallest absolute Gasteiger partial charge is 0.262 e. The lowest BCUT2D eigenvalue weighted by Crippen LogP contribution is -2.51. The van der Waals surface area contributed by atoms with Gasteiger partial charge in [-0.2, -0.15) is 0 Å². The molecule has 1 aliphatic heterocycles. The van der Waals surface area contributed by atoms with E-state index in [1.54, 1.807) is 17.0 Å². The van der Waals surface area contributed by atoms with Gasteiger partial charge in [0.05, 0.1) is 30.5 Å². The highest BCUT2D eigenvalue weighted by molar-refractivity contribution is 7.16. The van der Waals surface area contributed by atoms with Crippen molar-refractivity contribution in [2.75, 3.05) is 13.2 Å². The quantitative estimate of drug-likeness (QED) is 0.856. The van der Waals surface area contributed by atoms with Gasteiger partial charge in [0.1, 0.15) is 4.83 Å². The van der Waals surface area contributed by atoms with Crippen molar-refractivity contribution in [2.24, 2.45) is 0 Å². The molecular formula is C16H19N3O3S. The number of hydrogen-bond donors (Lipinski definition) is 0. The first-order valence-electron chi connectivity index (χ1n) is 8.08. The summed E-state index contributed by atoms with van der Waals surface area (Å²) in [4.78, 5) is 31.9. The van der Waals surface area contributed by atoms with Crippen LogP contribution in [0, 0.1) is 0 Å². The lowest BCUT2D eigenvalue weighted by Gasteiger charge is -2.37. The number of aryl methyl sites for hydroxylation is 1. The summed E-state index contributed by atoms with van der Waals surface area (Å²) in [5, 5.41) is 2.50. The Labute approximate surface area is 137 Å². The van der Waals surface area contributed by atoms with Gasteiger partial charge in [-0.1, -0.05) is 0 Å². The third-order valence-corrected chi connectivity index (χ3v) is 5.64. The second kappa shape index (κ2) is 6.05. The summed E-state index contributed by atoms with van der Waals surface area (Å²) in [5.74, 6) is 0.113. The van der Waals surface area contributed by atoms with E-state index in [1.165, 1.54) is 11.3 Å². The van der Waals surface area contributed by atoms with Crippen molar-refractivity contribution in [1.82, 2.24) is 14.5 Å². The number of carbonyl (C=O) groups excluding carboxylic acids is 1. The van der Waals surface area contributed by atoms with E-state index in [9.17, 15) is 9.59 Å². The first kappa shape index (κ1) is 14.8. The molecule has 6 nitrogen and oxygen atoms in total. The number of thiophene rings is 1. The van der Waals surface area contributed by atoms with Crippen LogP contribution in [0.4, 0.5) is 0 Å². The number of fused-ring (bicyclic) bond motifs is 2. The van der Waals surface area contributed by atoms with Crippen LogP contribution < -0.4 is 5.56 Å². The van der Waals surface area contributed by atoms with Gasteiger partial charge < -0.3 is 9.64 Å². The van der Waals surface area contributed by atoms with Crippen LogP contribution in [-0.4, -0.2) is 45.7 Å². The first-order chi connectivity index (χ1) is 11.2. The van der Waals surface area contributed by atoms with Gasteiger partial charge in [0.25, 0.3) is 5.56 Å². The minimum Gasteiger partial charge on any atom is -0.374 e. The van der Waals surface area contributed by atoms with Crippen molar-refractivity contribution >= 4 is 27.5 Å². The van der Waals surface area contributed by atoms with E-state index in [0.717, 1.165) is 24.1 Å². The highest BCUT2D eigenvalue weighted by Crippen LogP contribution is 2.30. The van der Waals surface area contributed by atoms with Crippen LogP contribution in [-0.2, 0) is 16.1 Å². The van der Waals surface area contributed by atoms with E-state index in [-0.39, 0.29) is 23.6 Å². The molecule has 1 saturated carbocycles. The molecule has 3 heterocycles. The van der Waals surface area contributed by atoms with Crippen LogP contribution in [0.25, 0.3) is 10.2 Å². The predicted octanol–water partition coefficient (Wildman–Crippen LogP) is 1.63. The Morgan fingerprint density at radius 2 is 2.35 bits per heavy atom. The number of nitrogens with zero attached hydrogens (tertiary/aromatic N) is 3. The summed E-state index contributed by atoms with van der Waals surface area (Å²) in [6, 6.07) is 2.02. The van der Waals surface area contributed by atoms with Crippen LogP contribution >= 0.6 is 11.3 Å². The van der Waals surface area contributed by atoms with Crippen molar-refractivity contribution in [3.63, 3.8) is 0 Å². The van der Waals surface area contributed by atoms with Gasteiger partial charge in [0.15, 0.2) is 0 Å². The standard InChI is InChI=1S/C16H19N3O3S/c20-14(19-7-8-22-13-3-1-2-12(13)19)4-6-18-10-17-15-11(16(18)21)5-9-23-15/h5,9-10,12-13H,1-4,6-8H2/t12-,13-/m0/s1. The molecule has 0 spiro atoms. The van der Waals surface area contributed by atoms with Crippen molar-refractivity contribution in [3.8, 4) is 0 Å². The molecule has 2 aliphatic rings. The number of amides is 1. The zero-order chi connectivity index (χ0) is 15.8. The zero-order valence-electron chi connectivity index (χ0n) is 12.8. The average Bonchev–Trinajstić information content (AvgIpc) is 3.22. The van der Waals surface area contributed by atoms with E-state index in [2.05, 4.69) is 4.98 Å². The molecule has 0 radical (unpaired) electrons. The largest absolute Gasteiger partial charge is 0.374 e. The molecule has 0 bridgehead atoms. The maximum absolute atomic E-state index is 12.6. The van der Waals surface area contributed by atoms with Gasteiger partial charge in [0.2, 0.25) is 5.91 Å². The van der Waals surface area contributed by atoms with Crippen LogP contribution in [0.2, 0.25) is 0 Å². The highest BCUT2D eigenvalue weighted by Gasteiger charge is 2.38. The Morgan fingerprint density at radius 3 is 3.26 bits per heavy atom. The van der Waals surface area contributed by atoms with Crippen molar-refractivity contribution in [3.05, 3.63) is 28.1 Å². The number of ether oxygens (including phenoxy) is 1. The summed E-state index contributed by atoms with van der Waals surface area (Å²) in [6.45, 7) is 1.66. The summed E-state index contributed by atoms with van der Waals surface area (Å²) >= 11 is 1.45. The number of carbonyl (C=O) groups is 1. The SMILES string of the molecule is O=C(CCn1cnc2sccc2c1=O)N1CCO[C@H]2CCC[C@@H]21. The van der Waals surface area contributed by atoms with E-state index in [1.807, 2.05) is 10.3 Å². The Hall–Kier alpha value is -1.73. The van der Waals surface area contributed by atoms with Crippen molar-refractivity contribution < 1.29 is 9.53 Å². The zero-order valence-corrected chi connectivity index (χ0v) is 13.6. The van der Waals surface area contributed by atoms with E-state index in [4.69, 9.17) is 4.74 Å². The summed E-state index contributed by atoms with van der Waals surface area (Å²) in [6.07, 6.45) is 5.29. The van der Waals surface area contributed by atoms with Gasteiger partial charge >= 0.3 is 0 Å². The normalized spacial score (nSPS) is 24.1. The van der Waals surface area contributed by atoms with E-state index < -0.39 is 0 Å². The van der Waals surface area contributed by atoms with E-state index in [0.29, 0.717) is 31.5 Å². The van der Waals surface area contributed by atoms with Gasteiger partial charge in [-0.3, -0.25) is 14.2 Å². The van der Waals surface area contributed by atoms with Crippen LogP contribution in [0.3, 0.4) is 0 Å². The molecule has 4 rings (SSSR count). The fourth-order valence-electron chi connectivity index (χ4n) is 3.65. The molecule has 2 fully saturated rings. The number of morpholine rings is 1. The third kappa shape index (κ3) is 2.68. The monoisotopic (exact) mass is 333 g/mol. The molecule has 1 saturated heterocycles. The lowest BCUT2D eigenvalue weighted by molar-refractivity contribution is -0.144. The molecule has 2 aromatic heterocycles. The number of rotatable bonds is 3. The average molecular weight is 333 g/mol. The molecule has 7 heteroatoms. The number of hydrogen-bond acceptors (Lipinski definition) is 5. The third-order valence-electron chi connectivity index (χ3n) is 4.82. The molecule has 2 atom stereocenters. The predicted molar refractivity (Wildman–Crippen MR) is 87.6 cm³/mol. The fourth-order valence-corrected chi connectivity index (χ4v) is 4.37. The Kier molecular flexibility index (Phi) is 3.90. The summed E-state index contributed by atoms with van der Waals surface area (Å²) in [5.41, 5.74) is -0.0650. The highest BCUT2D eigenvalue weighted by atomic mass is 32.1. The molecule has 0 N–H and O–H groups in total. The molecule has 0 aromatic carbocycles. The molecule has 122 valence electrons. The Morgan fingerprint density at radius 1 is 1.43 bits per heavy atom. The molecular weight excluding hydrogens is 314 g/mol. The fraction of sp³-hybridized carbons (Fsp3) is 0.562. The lowest BCUT2D eigenvalue weighted by atomic mass is 10.1. The van der Waals surface area contributed by atoms with Crippen molar-refractivity contribution in [1.29, 1.82) is 0 Å². The summed E-state index contributed by atoms with van der Waals surface area (Å²) in [7, 11) is 0. The Balaban J connectivity index is 1.46. The van der Waals surface area contributed by atoms with E-state index >= 15 is 0 Å². The Bertz CT molecular complexity index is 784. The molecule has 1 aliphatic carbocycles. The van der Waals surface area contributed by atoms with Crippen LogP contribution in [0.1, 0.15) is 25.7 Å². The first-order valence-corrected chi connectivity index (χ1v) is 8.96. The molecule has 1 amide bonds. The van der Waals surface area contributed by atoms with Crippen LogP contribution in [0.15, 0.2) is 22.6 Å². The second-order valence-electron chi connectivity index (χ2n) is 6.13. The minimum absolute atomic E-state index is 0.0650. The minimum atomic E-state index is -0.0650. The second-order valence-corrected chi connectivity index (χ2v) is 7.02. The maximum atomic E-state index is 12.6. The van der Waals surface area contributed by atoms with Gasteiger partial charge in [0, 0.05) is 19.5 Å². The molecule has 23 heavy (non-hydrogen) atoms.